The molecule has 0 saturated heterocycles. The lowest BCUT2D eigenvalue weighted by molar-refractivity contribution is 0.407. The van der Waals surface area contributed by atoms with E-state index in [1.165, 1.54) is 6.08 Å². The topological polar surface area (TPSA) is 55.4 Å². The van der Waals surface area contributed by atoms with Crippen LogP contribution in [0.5, 0.6) is 5.75 Å². The summed E-state index contributed by atoms with van der Waals surface area (Å²) in [5.74, 6) is 0.732. The predicted molar refractivity (Wildman–Crippen MR) is 72.6 cm³/mol. The quantitative estimate of drug-likeness (QED) is 0.833. The number of sulfonamides is 1. The van der Waals surface area contributed by atoms with Crippen molar-refractivity contribution in [2.75, 3.05) is 13.7 Å². The van der Waals surface area contributed by atoms with E-state index < -0.39 is 10.0 Å². The molecule has 1 aromatic rings. The molecule has 0 spiro atoms. The first-order valence-electron chi connectivity index (χ1n) is 5.60. The second-order valence-electron chi connectivity index (χ2n) is 4.12. The maximum Gasteiger partial charge on any atom is 0.241 e. The van der Waals surface area contributed by atoms with Gasteiger partial charge in [-0.2, -0.15) is 0 Å². The van der Waals surface area contributed by atoms with Gasteiger partial charge in [-0.3, -0.25) is 0 Å². The van der Waals surface area contributed by atoms with Gasteiger partial charge in [-0.25, -0.2) is 13.1 Å². The molecule has 100 valence electrons. The molecule has 5 heteroatoms. The van der Waals surface area contributed by atoms with Gasteiger partial charge in [-0.15, -0.1) is 6.58 Å². The highest BCUT2D eigenvalue weighted by molar-refractivity contribution is 7.89. The van der Waals surface area contributed by atoms with Crippen LogP contribution in [0.2, 0.25) is 0 Å². The minimum absolute atomic E-state index is 0.214. The third kappa shape index (κ3) is 2.73. The Morgan fingerprint density at radius 2 is 1.94 bits per heavy atom. The van der Waals surface area contributed by atoms with Crippen LogP contribution in [-0.2, 0) is 10.0 Å². The highest BCUT2D eigenvalue weighted by atomic mass is 32.2. The molecule has 0 saturated carbocycles. The van der Waals surface area contributed by atoms with E-state index in [1.807, 2.05) is 13.8 Å². The molecule has 0 unspecified atom stereocenters. The zero-order chi connectivity index (χ0) is 13.9. The Morgan fingerprint density at radius 3 is 2.44 bits per heavy atom. The van der Waals surface area contributed by atoms with E-state index in [1.54, 1.807) is 20.1 Å². The first-order chi connectivity index (χ1) is 8.35. The molecular weight excluding hydrogens is 250 g/mol. The summed E-state index contributed by atoms with van der Waals surface area (Å²) in [6, 6.07) is 1.63. The van der Waals surface area contributed by atoms with Crippen molar-refractivity contribution in [3.63, 3.8) is 0 Å². The van der Waals surface area contributed by atoms with E-state index in [0.29, 0.717) is 10.5 Å². The normalized spacial score (nSPS) is 11.3. The average Bonchev–Trinajstić information content (AvgIpc) is 2.32. The number of benzene rings is 1. The third-order valence-corrected chi connectivity index (χ3v) is 4.44. The molecule has 4 nitrogen and oxygen atoms in total. The van der Waals surface area contributed by atoms with E-state index >= 15 is 0 Å². The molecule has 0 heterocycles. The lowest BCUT2D eigenvalue weighted by Gasteiger charge is -2.15. The Kier molecular flexibility index (Phi) is 4.53. The van der Waals surface area contributed by atoms with Crippen molar-refractivity contribution < 1.29 is 13.2 Å². The summed E-state index contributed by atoms with van der Waals surface area (Å²) in [6.07, 6.45) is 1.51. The minimum atomic E-state index is -3.50. The number of ether oxygens (including phenoxy) is 1. The van der Waals surface area contributed by atoms with Crippen LogP contribution in [0.1, 0.15) is 16.7 Å². The van der Waals surface area contributed by atoms with Gasteiger partial charge >= 0.3 is 0 Å². The van der Waals surface area contributed by atoms with Gasteiger partial charge in [0.2, 0.25) is 10.0 Å². The zero-order valence-electron chi connectivity index (χ0n) is 11.2. The van der Waals surface area contributed by atoms with Crippen molar-refractivity contribution in [1.82, 2.24) is 4.72 Å². The lowest BCUT2D eigenvalue weighted by Crippen LogP contribution is -2.24. The van der Waals surface area contributed by atoms with Crippen LogP contribution in [0.4, 0.5) is 0 Å². The number of methoxy groups -OCH3 is 1. The fraction of sp³-hybridized carbons (Fsp3) is 0.385. The summed E-state index contributed by atoms with van der Waals surface area (Å²) < 4.78 is 32.0. The van der Waals surface area contributed by atoms with Crippen LogP contribution >= 0.6 is 0 Å². The van der Waals surface area contributed by atoms with Crippen molar-refractivity contribution in [3.05, 3.63) is 35.4 Å². The third-order valence-electron chi connectivity index (χ3n) is 2.89. The highest BCUT2D eigenvalue weighted by Gasteiger charge is 2.20. The molecule has 1 rings (SSSR count). The Bertz CT molecular complexity index is 562. The molecule has 1 aromatic carbocycles. The first kappa shape index (κ1) is 14.7. The van der Waals surface area contributed by atoms with E-state index in [-0.39, 0.29) is 6.54 Å². The van der Waals surface area contributed by atoms with Crippen LogP contribution in [0.15, 0.2) is 23.6 Å². The van der Waals surface area contributed by atoms with Crippen LogP contribution < -0.4 is 9.46 Å². The molecule has 0 aliphatic carbocycles. The Morgan fingerprint density at radius 1 is 1.33 bits per heavy atom. The van der Waals surface area contributed by atoms with E-state index in [4.69, 9.17) is 4.74 Å². The van der Waals surface area contributed by atoms with E-state index in [2.05, 4.69) is 11.3 Å². The average molecular weight is 269 g/mol. The van der Waals surface area contributed by atoms with Crippen LogP contribution in [0.3, 0.4) is 0 Å². The molecule has 0 aliphatic rings. The second kappa shape index (κ2) is 5.54. The van der Waals surface area contributed by atoms with Gasteiger partial charge in [0.25, 0.3) is 0 Å². The predicted octanol–water partition coefficient (Wildman–Crippen LogP) is 2.08. The van der Waals surface area contributed by atoms with Gasteiger partial charge in [0.05, 0.1) is 12.0 Å². The second-order valence-corrected chi connectivity index (χ2v) is 5.85. The lowest BCUT2D eigenvalue weighted by atomic mass is 10.1. The van der Waals surface area contributed by atoms with Crippen molar-refractivity contribution in [2.45, 2.75) is 25.7 Å². The molecule has 1 N–H and O–H groups in total. The van der Waals surface area contributed by atoms with Crippen molar-refractivity contribution >= 4 is 10.0 Å². The first-order valence-corrected chi connectivity index (χ1v) is 7.08. The van der Waals surface area contributed by atoms with Crippen molar-refractivity contribution in [1.29, 1.82) is 0 Å². The molecule has 0 bridgehead atoms. The molecular formula is C13H19NO3S. The summed E-state index contributed by atoms with van der Waals surface area (Å²) >= 11 is 0. The summed E-state index contributed by atoms with van der Waals surface area (Å²) in [4.78, 5) is 0.292. The number of hydrogen-bond donors (Lipinski definition) is 1. The van der Waals surface area contributed by atoms with E-state index in [0.717, 1.165) is 16.9 Å². The van der Waals surface area contributed by atoms with Crippen LogP contribution in [0, 0.1) is 20.8 Å². The van der Waals surface area contributed by atoms with Gasteiger partial charge in [-0.05, 0) is 43.5 Å². The number of hydrogen-bond acceptors (Lipinski definition) is 3. The Balaban J connectivity index is 3.39. The summed E-state index contributed by atoms with van der Waals surface area (Å²) in [7, 11) is -1.92. The molecule has 0 aromatic heterocycles. The molecule has 0 fully saturated rings. The standard InChI is InChI=1S/C13H19NO3S/c1-6-7-14-18(15,16)12-8-9(2)13(17-5)11(4)10(12)3/h6,8,14H,1,7H2,2-5H3. The highest BCUT2D eigenvalue weighted by Crippen LogP contribution is 2.30. The van der Waals surface area contributed by atoms with Crippen LogP contribution in [0.25, 0.3) is 0 Å². The fourth-order valence-corrected chi connectivity index (χ4v) is 3.24. The summed E-state index contributed by atoms with van der Waals surface area (Å²) in [5.41, 5.74) is 2.35. The monoisotopic (exact) mass is 269 g/mol. The Hall–Kier alpha value is -1.33. The van der Waals surface area contributed by atoms with Gasteiger partial charge in [0.15, 0.2) is 0 Å². The zero-order valence-corrected chi connectivity index (χ0v) is 12.0. The van der Waals surface area contributed by atoms with Crippen molar-refractivity contribution in [3.8, 4) is 5.75 Å². The summed E-state index contributed by atoms with van der Waals surface area (Å²) in [6.45, 7) is 9.17. The molecule has 0 atom stereocenters. The van der Waals surface area contributed by atoms with Crippen molar-refractivity contribution in [2.24, 2.45) is 0 Å². The number of rotatable bonds is 5. The van der Waals surface area contributed by atoms with E-state index in [9.17, 15) is 8.42 Å². The molecule has 0 amide bonds. The smallest absolute Gasteiger partial charge is 0.241 e. The van der Waals surface area contributed by atoms with Crippen LogP contribution in [-0.4, -0.2) is 22.1 Å². The number of nitrogens with one attached hydrogen (secondary N) is 1. The Labute approximate surface area is 109 Å². The maximum atomic E-state index is 12.1. The molecule has 18 heavy (non-hydrogen) atoms. The van der Waals surface area contributed by atoms with Gasteiger partial charge in [0, 0.05) is 6.54 Å². The number of aryl methyl sites for hydroxylation is 1. The fourth-order valence-electron chi connectivity index (χ4n) is 1.86. The van der Waals surface area contributed by atoms with Gasteiger partial charge in [0.1, 0.15) is 5.75 Å². The largest absolute Gasteiger partial charge is 0.496 e. The maximum absolute atomic E-state index is 12.1. The van der Waals surface area contributed by atoms with Gasteiger partial charge < -0.3 is 4.74 Å². The SMILES string of the molecule is C=CCNS(=O)(=O)c1cc(C)c(OC)c(C)c1C. The summed E-state index contributed by atoms with van der Waals surface area (Å²) in [5, 5.41) is 0. The minimum Gasteiger partial charge on any atom is -0.496 e. The van der Waals surface area contributed by atoms with Gasteiger partial charge in [-0.1, -0.05) is 6.08 Å². The molecule has 0 aliphatic heterocycles. The molecule has 0 radical (unpaired) electrons.